The zero-order valence-electron chi connectivity index (χ0n) is 11.1. The van der Waals surface area contributed by atoms with Crippen LogP contribution in [0.3, 0.4) is 0 Å². The number of aromatic nitrogens is 1. The summed E-state index contributed by atoms with van der Waals surface area (Å²) in [6.45, 7) is 1.99. The molecule has 0 aliphatic heterocycles. The van der Waals surface area contributed by atoms with Crippen LogP contribution < -0.4 is 0 Å². The van der Waals surface area contributed by atoms with Crippen molar-refractivity contribution in [2.24, 2.45) is 0 Å². The van der Waals surface area contributed by atoms with Crippen molar-refractivity contribution in [1.29, 1.82) is 0 Å². The third-order valence-corrected chi connectivity index (χ3v) is 5.32. The third kappa shape index (κ3) is 2.73. The number of aliphatic hydroxyl groups is 1. The Hall–Kier alpha value is -1.36. The normalized spacial score (nSPS) is 12.7. The number of rotatable bonds is 4. The van der Waals surface area contributed by atoms with Gasteiger partial charge >= 0.3 is 0 Å². The summed E-state index contributed by atoms with van der Waals surface area (Å²) >= 11 is 3.32. The van der Waals surface area contributed by atoms with Gasteiger partial charge in [-0.3, -0.25) is 0 Å². The van der Waals surface area contributed by atoms with E-state index in [1.807, 2.05) is 49.4 Å². The van der Waals surface area contributed by atoms with Crippen LogP contribution in [0.4, 0.5) is 0 Å². The van der Waals surface area contributed by atoms with Gasteiger partial charge in [0.25, 0.3) is 0 Å². The molecule has 0 spiro atoms. The van der Waals surface area contributed by atoms with E-state index in [1.165, 1.54) is 4.70 Å². The van der Waals surface area contributed by atoms with Gasteiger partial charge in [0.2, 0.25) is 0 Å². The molecule has 0 saturated carbocycles. The van der Waals surface area contributed by atoms with E-state index in [4.69, 9.17) is 0 Å². The summed E-state index contributed by atoms with van der Waals surface area (Å²) in [5, 5.41) is 10.1. The summed E-state index contributed by atoms with van der Waals surface area (Å²) in [6, 6.07) is 16.2. The topological polar surface area (TPSA) is 33.1 Å². The van der Waals surface area contributed by atoms with Crippen LogP contribution in [0.15, 0.2) is 57.8 Å². The van der Waals surface area contributed by atoms with E-state index in [9.17, 15) is 5.11 Å². The minimum Gasteiger partial charge on any atom is -0.388 e. The highest BCUT2D eigenvalue weighted by Gasteiger charge is 2.13. The standard InChI is InChI=1S/C16H15NOS2/c1-2-13(18)11-7-3-5-9-14(11)19-16-17-12-8-4-6-10-15(12)20-16/h3-10,13,18H,2H2,1H3/t13-/m0/s1. The van der Waals surface area contributed by atoms with Gasteiger partial charge in [-0.25, -0.2) is 4.98 Å². The number of para-hydroxylation sites is 1. The first kappa shape index (κ1) is 13.6. The van der Waals surface area contributed by atoms with Crippen LogP contribution in [0.1, 0.15) is 25.0 Å². The summed E-state index contributed by atoms with van der Waals surface area (Å²) in [6.07, 6.45) is 0.310. The fraction of sp³-hybridized carbons (Fsp3) is 0.188. The van der Waals surface area contributed by atoms with Crippen molar-refractivity contribution < 1.29 is 5.11 Å². The summed E-state index contributed by atoms with van der Waals surface area (Å²) in [5.41, 5.74) is 2.02. The molecule has 0 amide bonds. The lowest BCUT2D eigenvalue weighted by molar-refractivity contribution is 0.171. The smallest absolute Gasteiger partial charge is 0.155 e. The number of fused-ring (bicyclic) bond motifs is 1. The average molecular weight is 301 g/mol. The largest absolute Gasteiger partial charge is 0.388 e. The molecule has 4 heteroatoms. The zero-order chi connectivity index (χ0) is 13.9. The monoisotopic (exact) mass is 301 g/mol. The number of benzene rings is 2. The Morgan fingerprint density at radius 3 is 2.70 bits per heavy atom. The molecule has 0 aliphatic carbocycles. The Morgan fingerprint density at radius 2 is 1.90 bits per heavy atom. The van der Waals surface area contributed by atoms with E-state index in [1.54, 1.807) is 23.1 Å². The van der Waals surface area contributed by atoms with Gasteiger partial charge in [-0.2, -0.15) is 0 Å². The molecule has 0 fully saturated rings. The van der Waals surface area contributed by atoms with Gasteiger partial charge in [0.15, 0.2) is 4.34 Å². The van der Waals surface area contributed by atoms with E-state index < -0.39 is 6.10 Å². The molecule has 2 nitrogen and oxygen atoms in total. The zero-order valence-corrected chi connectivity index (χ0v) is 12.7. The first-order valence-corrected chi connectivity index (χ1v) is 8.21. The van der Waals surface area contributed by atoms with Gasteiger partial charge in [-0.05, 0) is 30.2 Å². The predicted octanol–water partition coefficient (Wildman–Crippen LogP) is 4.89. The summed E-state index contributed by atoms with van der Waals surface area (Å²) in [4.78, 5) is 5.72. The van der Waals surface area contributed by atoms with Gasteiger partial charge in [0, 0.05) is 4.90 Å². The fourth-order valence-electron chi connectivity index (χ4n) is 2.06. The van der Waals surface area contributed by atoms with Gasteiger partial charge in [0.1, 0.15) is 0 Å². The van der Waals surface area contributed by atoms with Gasteiger partial charge in [-0.1, -0.05) is 49.0 Å². The second kappa shape index (κ2) is 5.95. The summed E-state index contributed by atoms with van der Waals surface area (Å²) < 4.78 is 2.21. The average Bonchev–Trinajstić information content (AvgIpc) is 2.89. The van der Waals surface area contributed by atoms with Crippen LogP contribution in [-0.2, 0) is 0 Å². The number of hydrogen-bond donors (Lipinski definition) is 1. The van der Waals surface area contributed by atoms with Gasteiger partial charge in [0.05, 0.1) is 16.3 Å². The number of nitrogens with zero attached hydrogens (tertiary/aromatic N) is 1. The van der Waals surface area contributed by atoms with E-state index in [0.717, 1.165) is 26.7 Å². The van der Waals surface area contributed by atoms with Crippen molar-refractivity contribution in [2.45, 2.75) is 28.7 Å². The lowest BCUT2D eigenvalue weighted by atomic mass is 10.1. The molecule has 0 bridgehead atoms. The number of hydrogen-bond acceptors (Lipinski definition) is 4. The number of thiazole rings is 1. The highest BCUT2D eigenvalue weighted by atomic mass is 32.2. The molecule has 20 heavy (non-hydrogen) atoms. The molecule has 1 atom stereocenters. The van der Waals surface area contributed by atoms with Crippen LogP contribution in [0.2, 0.25) is 0 Å². The second-order valence-electron chi connectivity index (χ2n) is 4.51. The van der Waals surface area contributed by atoms with Crippen LogP contribution in [0.5, 0.6) is 0 Å². The lowest BCUT2D eigenvalue weighted by Crippen LogP contribution is -1.96. The molecular formula is C16H15NOS2. The molecule has 0 unspecified atom stereocenters. The Morgan fingerprint density at radius 1 is 1.15 bits per heavy atom. The minimum absolute atomic E-state index is 0.409. The van der Waals surface area contributed by atoms with Crippen molar-refractivity contribution in [2.75, 3.05) is 0 Å². The maximum atomic E-state index is 10.1. The van der Waals surface area contributed by atoms with E-state index in [-0.39, 0.29) is 0 Å². The van der Waals surface area contributed by atoms with Crippen molar-refractivity contribution >= 4 is 33.3 Å². The molecule has 2 aromatic carbocycles. The van der Waals surface area contributed by atoms with Crippen LogP contribution in [0, 0.1) is 0 Å². The maximum Gasteiger partial charge on any atom is 0.155 e. The highest BCUT2D eigenvalue weighted by molar-refractivity contribution is 8.01. The van der Waals surface area contributed by atoms with Crippen molar-refractivity contribution in [3.05, 3.63) is 54.1 Å². The Bertz CT molecular complexity index is 690. The first-order chi connectivity index (χ1) is 9.78. The quantitative estimate of drug-likeness (QED) is 0.744. The Balaban J connectivity index is 1.94. The summed E-state index contributed by atoms with van der Waals surface area (Å²) in [5.74, 6) is 0. The molecule has 1 aromatic heterocycles. The van der Waals surface area contributed by atoms with Gasteiger partial charge < -0.3 is 5.11 Å². The summed E-state index contributed by atoms with van der Waals surface area (Å²) in [7, 11) is 0. The van der Waals surface area contributed by atoms with Crippen LogP contribution >= 0.6 is 23.1 Å². The molecule has 3 aromatic rings. The minimum atomic E-state index is -0.409. The van der Waals surface area contributed by atoms with Crippen LogP contribution in [0.25, 0.3) is 10.2 Å². The lowest BCUT2D eigenvalue weighted by Gasteiger charge is -2.12. The molecule has 1 N–H and O–H groups in total. The molecule has 0 aliphatic rings. The SMILES string of the molecule is CC[C@H](O)c1ccccc1Sc1nc2ccccc2s1. The molecule has 102 valence electrons. The van der Waals surface area contributed by atoms with Crippen molar-refractivity contribution in [3.8, 4) is 0 Å². The molecule has 1 heterocycles. The van der Waals surface area contributed by atoms with Gasteiger partial charge in [-0.15, -0.1) is 11.3 Å². The van der Waals surface area contributed by atoms with E-state index in [0.29, 0.717) is 0 Å². The highest BCUT2D eigenvalue weighted by Crippen LogP contribution is 2.37. The molecular weight excluding hydrogens is 286 g/mol. The predicted molar refractivity (Wildman–Crippen MR) is 85.4 cm³/mol. The van der Waals surface area contributed by atoms with E-state index >= 15 is 0 Å². The molecule has 0 radical (unpaired) electrons. The van der Waals surface area contributed by atoms with Crippen molar-refractivity contribution in [3.63, 3.8) is 0 Å². The first-order valence-electron chi connectivity index (χ1n) is 6.58. The van der Waals surface area contributed by atoms with Crippen molar-refractivity contribution in [1.82, 2.24) is 4.98 Å². The molecule has 0 saturated heterocycles. The number of aliphatic hydroxyl groups excluding tert-OH is 1. The Kier molecular flexibility index (Phi) is 4.05. The third-order valence-electron chi connectivity index (χ3n) is 3.14. The van der Waals surface area contributed by atoms with Crippen LogP contribution in [-0.4, -0.2) is 10.1 Å². The fourth-order valence-corrected chi connectivity index (χ4v) is 4.26. The Labute approximate surface area is 126 Å². The second-order valence-corrected chi connectivity index (χ2v) is 6.83. The molecule has 3 rings (SSSR count). The van der Waals surface area contributed by atoms with E-state index in [2.05, 4.69) is 11.1 Å². The maximum absolute atomic E-state index is 10.1.